The minimum absolute atomic E-state index is 0.396. The molecule has 80 valence electrons. The van der Waals surface area contributed by atoms with Crippen LogP contribution in [0, 0.1) is 0 Å². The van der Waals surface area contributed by atoms with Crippen molar-refractivity contribution in [2.45, 2.75) is 37.6 Å². The van der Waals surface area contributed by atoms with Crippen LogP contribution in [-0.2, 0) is 6.42 Å². The highest BCUT2D eigenvalue weighted by atomic mass is 16.5. The number of nitrogens with two attached hydrogens (primary N) is 1. The van der Waals surface area contributed by atoms with Crippen LogP contribution in [0.15, 0.2) is 18.2 Å². The van der Waals surface area contributed by atoms with Gasteiger partial charge in [-0.15, -0.1) is 0 Å². The molecule has 0 radical (unpaired) electrons. The minimum atomic E-state index is 0.396. The van der Waals surface area contributed by atoms with Gasteiger partial charge in [0, 0.05) is 12.5 Å². The Labute approximate surface area is 90.4 Å². The molecule has 0 bridgehead atoms. The van der Waals surface area contributed by atoms with Crippen LogP contribution in [0.5, 0.6) is 5.75 Å². The van der Waals surface area contributed by atoms with E-state index in [2.05, 4.69) is 18.2 Å². The largest absolute Gasteiger partial charge is 0.493 e. The van der Waals surface area contributed by atoms with Crippen molar-refractivity contribution in [3.63, 3.8) is 0 Å². The maximum atomic E-state index is 5.97. The van der Waals surface area contributed by atoms with Crippen molar-refractivity contribution in [2.24, 2.45) is 5.73 Å². The van der Waals surface area contributed by atoms with Crippen molar-refractivity contribution >= 4 is 0 Å². The van der Waals surface area contributed by atoms with E-state index in [1.807, 2.05) is 0 Å². The third-order valence-electron chi connectivity index (χ3n) is 3.66. The quantitative estimate of drug-likeness (QED) is 0.759. The second-order valence-electron chi connectivity index (χ2n) is 4.70. The number of hydrogen-bond acceptors (Lipinski definition) is 2. The fourth-order valence-electron chi connectivity index (χ4n) is 2.86. The SMILES string of the molecule is NC1CCC(c2cccc3c2OCC3)C1. The molecule has 2 N–H and O–H groups in total. The van der Waals surface area contributed by atoms with Crippen LogP contribution in [0.3, 0.4) is 0 Å². The molecule has 2 unspecified atom stereocenters. The van der Waals surface area contributed by atoms with Crippen molar-refractivity contribution in [3.05, 3.63) is 29.3 Å². The molecule has 1 aromatic carbocycles. The highest BCUT2D eigenvalue weighted by molar-refractivity contribution is 5.46. The Balaban J connectivity index is 1.95. The third-order valence-corrected chi connectivity index (χ3v) is 3.66. The monoisotopic (exact) mass is 203 g/mol. The van der Waals surface area contributed by atoms with E-state index in [9.17, 15) is 0 Å². The summed E-state index contributed by atoms with van der Waals surface area (Å²) in [4.78, 5) is 0. The lowest BCUT2D eigenvalue weighted by Crippen LogP contribution is -2.14. The molecule has 0 saturated heterocycles. The first-order valence-electron chi connectivity index (χ1n) is 5.85. The molecule has 2 aliphatic rings. The molecular weight excluding hydrogens is 186 g/mol. The highest BCUT2D eigenvalue weighted by Crippen LogP contribution is 2.41. The first-order valence-corrected chi connectivity index (χ1v) is 5.85. The summed E-state index contributed by atoms with van der Waals surface area (Å²) in [5.41, 5.74) is 8.75. The number of ether oxygens (including phenoxy) is 1. The van der Waals surface area contributed by atoms with Gasteiger partial charge in [0.25, 0.3) is 0 Å². The van der Waals surface area contributed by atoms with Crippen molar-refractivity contribution < 1.29 is 4.74 Å². The fourth-order valence-corrected chi connectivity index (χ4v) is 2.86. The molecule has 0 aromatic heterocycles. The molecule has 15 heavy (non-hydrogen) atoms. The van der Waals surface area contributed by atoms with Crippen molar-refractivity contribution in [3.8, 4) is 5.75 Å². The van der Waals surface area contributed by atoms with Crippen LogP contribution >= 0.6 is 0 Å². The number of para-hydroxylation sites is 1. The summed E-state index contributed by atoms with van der Waals surface area (Å²) < 4.78 is 5.74. The zero-order valence-electron chi connectivity index (χ0n) is 8.91. The van der Waals surface area contributed by atoms with Crippen molar-refractivity contribution in [1.29, 1.82) is 0 Å². The van der Waals surface area contributed by atoms with Gasteiger partial charge in [-0.05, 0) is 36.3 Å². The molecule has 1 aliphatic carbocycles. The zero-order valence-corrected chi connectivity index (χ0v) is 8.91. The Morgan fingerprint density at radius 1 is 1.27 bits per heavy atom. The van der Waals surface area contributed by atoms with E-state index >= 15 is 0 Å². The number of benzene rings is 1. The van der Waals surface area contributed by atoms with Crippen LogP contribution in [0.1, 0.15) is 36.3 Å². The molecule has 2 nitrogen and oxygen atoms in total. The maximum Gasteiger partial charge on any atom is 0.126 e. The van der Waals surface area contributed by atoms with Gasteiger partial charge in [-0.1, -0.05) is 18.2 Å². The first-order chi connectivity index (χ1) is 7.34. The summed E-state index contributed by atoms with van der Waals surface area (Å²) in [6.07, 6.45) is 4.58. The van der Waals surface area contributed by atoms with Gasteiger partial charge in [-0.3, -0.25) is 0 Å². The summed E-state index contributed by atoms with van der Waals surface area (Å²) in [6, 6.07) is 6.95. The molecule has 1 fully saturated rings. The zero-order chi connectivity index (χ0) is 10.3. The Kier molecular flexibility index (Phi) is 2.17. The summed E-state index contributed by atoms with van der Waals surface area (Å²) in [6.45, 7) is 0.852. The smallest absolute Gasteiger partial charge is 0.126 e. The average Bonchev–Trinajstić information content (AvgIpc) is 2.84. The van der Waals surface area contributed by atoms with Gasteiger partial charge >= 0.3 is 0 Å². The second kappa shape index (κ2) is 3.53. The summed E-state index contributed by atoms with van der Waals surface area (Å²) in [7, 11) is 0. The van der Waals surface area contributed by atoms with E-state index in [1.54, 1.807) is 0 Å². The van der Waals surface area contributed by atoms with E-state index in [4.69, 9.17) is 10.5 Å². The fraction of sp³-hybridized carbons (Fsp3) is 0.538. The maximum absolute atomic E-state index is 5.97. The Morgan fingerprint density at radius 2 is 2.20 bits per heavy atom. The van der Waals surface area contributed by atoms with Gasteiger partial charge in [-0.25, -0.2) is 0 Å². The highest BCUT2D eigenvalue weighted by Gasteiger charge is 2.27. The normalized spacial score (nSPS) is 28.9. The number of hydrogen-bond donors (Lipinski definition) is 1. The number of rotatable bonds is 1. The van der Waals surface area contributed by atoms with E-state index in [0.29, 0.717) is 12.0 Å². The van der Waals surface area contributed by atoms with Gasteiger partial charge in [0.1, 0.15) is 5.75 Å². The van der Waals surface area contributed by atoms with Crippen molar-refractivity contribution in [2.75, 3.05) is 6.61 Å². The summed E-state index contributed by atoms with van der Waals surface area (Å²) in [5.74, 6) is 1.80. The van der Waals surface area contributed by atoms with Crippen molar-refractivity contribution in [1.82, 2.24) is 0 Å². The van der Waals surface area contributed by atoms with Gasteiger partial charge in [0.15, 0.2) is 0 Å². The third kappa shape index (κ3) is 1.53. The topological polar surface area (TPSA) is 35.2 Å². The Bertz CT molecular complexity index is 375. The van der Waals surface area contributed by atoms with Crippen LogP contribution in [0.2, 0.25) is 0 Å². The van der Waals surface area contributed by atoms with E-state index in [1.165, 1.54) is 17.5 Å². The molecule has 1 heterocycles. The molecule has 0 amide bonds. The lowest BCUT2D eigenvalue weighted by molar-refractivity contribution is 0.351. The molecule has 3 rings (SSSR count). The minimum Gasteiger partial charge on any atom is -0.493 e. The second-order valence-corrected chi connectivity index (χ2v) is 4.70. The van der Waals surface area contributed by atoms with E-state index in [0.717, 1.165) is 31.6 Å². The van der Waals surface area contributed by atoms with Crippen LogP contribution in [0.4, 0.5) is 0 Å². The molecule has 0 spiro atoms. The Morgan fingerprint density at radius 3 is 3.00 bits per heavy atom. The lowest BCUT2D eigenvalue weighted by Gasteiger charge is -2.14. The Hall–Kier alpha value is -1.02. The van der Waals surface area contributed by atoms with E-state index < -0.39 is 0 Å². The predicted octanol–water partition coefficient (Wildman–Crippen LogP) is 2.22. The average molecular weight is 203 g/mol. The van der Waals surface area contributed by atoms with Crippen LogP contribution in [0.25, 0.3) is 0 Å². The molecule has 1 saturated carbocycles. The molecule has 1 aromatic rings. The standard InChI is InChI=1S/C13H17NO/c14-11-5-4-10(8-11)12-3-1-2-9-6-7-15-13(9)12/h1-3,10-11H,4-8,14H2. The van der Waals surface area contributed by atoms with Crippen LogP contribution in [-0.4, -0.2) is 12.6 Å². The van der Waals surface area contributed by atoms with Gasteiger partial charge < -0.3 is 10.5 Å². The number of fused-ring (bicyclic) bond motifs is 1. The molecule has 2 heteroatoms. The first kappa shape index (κ1) is 9.22. The van der Waals surface area contributed by atoms with E-state index in [-0.39, 0.29) is 0 Å². The summed E-state index contributed by atoms with van der Waals surface area (Å²) in [5, 5.41) is 0. The van der Waals surface area contributed by atoms with Gasteiger partial charge in [0.05, 0.1) is 6.61 Å². The molecule has 1 aliphatic heterocycles. The molecule has 2 atom stereocenters. The van der Waals surface area contributed by atoms with Crippen LogP contribution < -0.4 is 10.5 Å². The predicted molar refractivity (Wildman–Crippen MR) is 60.2 cm³/mol. The lowest BCUT2D eigenvalue weighted by atomic mass is 9.94. The van der Waals surface area contributed by atoms with Gasteiger partial charge in [0.2, 0.25) is 0 Å². The van der Waals surface area contributed by atoms with Gasteiger partial charge in [-0.2, -0.15) is 0 Å². The molecular formula is C13H17NO. The summed E-state index contributed by atoms with van der Waals surface area (Å²) >= 11 is 0.